The molecule has 1 heterocycles. The van der Waals surface area contributed by atoms with Crippen LogP contribution in [-0.2, 0) is 4.74 Å². The number of rotatable bonds is 2. The molecule has 1 aliphatic rings. The van der Waals surface area contributed by atoms with E-state index in [0.717, 1.165) is 35.2 Å². The van der Waals surface area contributed by atoms with E-state index < -0.39 is 0 Å². The first-order chi connectivity index (χ1) is 7.25. The Morgan fingerprint density at radius 3 is 3.07 bits per heavy atom. The van der Waals surface area contributed by atoms with E-state index in [1.165, 1.54) is 6.42 Å². The van der Waals surface area contributed by atoms with E-state index >= 15 is 0 Å². The summed E-state index contributed by atoms with van der Waals surface area (Å²) in [4.78, 5) is 1.06. The van der Waals surface area contributed by atoms with Crippen molar-refractivity contribution in [1.29, 1.82) is 0 Å². The molecule has 0 aromatic heterocycles. The maximum absolute atomic E-state index is 6.10. The maximum atomic E-state index is 6.10. The van der Waals surface area contributed by atoms with Crippen molar-refractivity contribution < 1.29 is 4.74 Å². The van der Waals surface area contributed by atoms with Crippen LogP contribution >= 0.6 is 23.4 Å². The average Bonchev–Trinajstić information content (AvgIpc) is 2.25. The summed E-state index contributed by atoms with van der Waals surface area (Å²) in [6.07, 6.45) is 2.33. The van der Waals surface area contributed by atoms with E-state index in [2.05, 4.69) is 0 Å². The van der Waals surface area contributed by atoms with E-state index in [1.54, 1.807) is 11.8 Å². The molecule has 1 aromatic carbocycles. The zero-order valence-electron chi connectivity index (χ0n) is 8.41. The smallest absolute Gasteiger partial charge is 0.0588 e. The van der Waals surface area contributed by atoms with Crippen LogP contribution in [0.1, 0.15) is 12.8 Å². The molecule has 1 atom stereocenters. The number of hydrogen-bond donors (Lipinski definition) is 1. The van der Waals surface area contributed by atoms with Gasteiger partial charge in [-0.1, -0.05) is 11.6 Å². The Labute approximate surface area is 99.1 Å². The fourth-order valence-electron chi connectivity index (χ4n) is 1.59. The first-order valence-corrected chi connectivity index (χ1v) is 6.31. The number of hydrogen-bond acceptors (Lipinski definition) is 3. The van der Waals surface area contributed by atoms with E-state index in [4.69, 9.17) is 22.1 Å². The molecule has 1 aromatic rings. The number of thioether (sulfide) groups is 1. The van der Waals surface area contributed by atoms with E-state index in [-0.39, 0.29) is 0 Å². The van der Waals surface area contributed by atoms with Gasteiger partial charge >= 0.3 is 0 Å². The summed E-state index contributed by atoms with van der Waals surface area (Å²) in [5, 5.41) is 1.29. The summed E-state index contributed by atoms with van der Waals surface area (Å²) in [7, 11) is 0. The largest absolute Gasteiger partial charge is 0.399 e. The summed E-state index contributed by atoms with van der Waals surface area (Å²) in [5.41, 5.74) is 6.49. The van der Waals surface area contributed by atoms with Gasteiger partial charge in [-0.3, -0.25) is 0 Å². The normalized spacial score (nSPS) is 21.5. The van der Waals surface area contributed by atoms with Crippen LogP contribution in [0, 0.1) is 0 Å². The Kier molecular flexibility index (Phi) is 3.78. The van der Waals surface area contributed by atoms with Crippen LogP contribution < -0.4 is 5.73 Å². The Bertz CT molecular complexity index is 339. The second-order valence-corrected chi connectivity index (χ2v) is 5.40. The van der Waals surface area contributed by atoms with Crippen molar-refractivity contribution in [3.63, 3.8) is 0 Å². The van der Waals surface area contributed by atoms with Gasteiger partial charge in [0.15, 0.2) is 0 Å². The molecule has 1 aliphatic heterocycles. The van der Waals surface area contributed by atoms with E-state index in [1.807, 2.05) is 18.2 Å². The Hall–Kier alpha value is -0.380. The molecule has 1 saturated heterocycles. The lowest BCUT2D eigenvalue weighted by Crippen LogP contribution is -2.19. The van der Waals surface area contributed by atoms with Gasteiger partial charge in [-0.25, -0.2) is 0 Å². The molecule has 0 radical (unpaired) electrons. The molecule has 0 aliphatic carbocycles. The third kappa shape index (κ3) is 3.03. The minimum Gasteiger partial charge on any atom is -0.399 e. The lowest BCUT2D eigenvalue weighted by Gasteiger charge is -2.21. The molecule has 1 unspecified atom stereocenters. The molecule has 0 spiro atoms. The summed E-state index contributed by atoms with van der Waals surface area (Å²) in [6.45, 7) is 1.71. The van der Waals surface area contributed by atoms with Crippen LogP contribution in [0.15, 0.2) is 23.1 Å². The molecule has 2 rings (SSSR count). The number of halogens is 1. The van der Waals surface area contributed by atoms with Gasteiger partial charge in [0.2, 0.25) is 0 Å². The molecule has 0 saturated carbocycles. The number of anilines is 1. The lowest BCUT2D eigenvalue weighted by molar-refractivity contribution is 0.101. The highest BCUT2D eigenvalue weighted by Gasteiger charge is 2.16. The van der Waals surface area contributed by atoms with Crippen LogP contribution in [0.2, 0.25) is 5.02 Å². The van der Waals surface area contributed by atoms with Crippen LogP contribution in [0.25, 0.3) is 0 Å². The second-order valence-electron chi connectivity index (χ2n) is 3.65. The zero-order valence-corrected chi connectivity index (χ0v) is 9.98. The van der Waals surface area contributed by atoms with Crippen LogP contribution in [0.4, 0.5) is 5.69 Å². The molecule has 15 heavy (non-hydrogen) atoms. The molecule has 82 valence electrons. The predicted octanol–water partition coefficient (Wildman–Crippen LogP) is 3.19. The Morgan fingerprint density at radius 2 is 2.33 bits per heavy atom. The summed E-state index contributed by atoms with van der Waals surface area (Å²) >= 11 is 7.87. The van der Waals surface area contributed by atoms with Crippen molar-refractivity contribution in [3.8, 4) is 0 Å². The molecule has 2 nitrogen and oxygen atoms in total. The first kappa shape index (κ1) is 11.1. The maximum Gasteiger partial charge on any atom is 0.0588 e. The lowest BCUT2D eigenvalue weighted by atomic mass is 10.2. The van der Waals surface area contributed by atoms with Gasteiger partial charge in [0, 0.05) is 22.4 Å². The average molecular weight is 244 g/mol. The van der Waals surface area contributed by atoms with Gasteiger partial charge < -0.3 is 10.5 Å². The number of ether oxygens (including phenoxy) is 1. The third-order valence-corrected chi connectivity index (χ3v) is 4.11. The predicted molar refractivity (Wildman–Crippen MR) is 65.6 cm³/mol. The molecular weight excluding hydrogens is 230 g/mol. The van der Waals surface area contributed by atoms with Gasteiger partial charge in [0.05, 0.1) is 11.6 Å². The van der Waals surface area contributed by atoms with Crippen LogP contribution in [0.3, 0.4) is 0 Å². The summed E-state index contributed by atoms with van der Waals surface area (Å²) in [5.74, 6) is 0. The minimum absolute atomic E-state index is 0.512. The number of nitrogens with two attached hydrogens (primary N) is 1. The van der Waals surface area contributed by atoms with Crippen molar-refractivity contribution in [3.05, 3.63) is 23.2 Å². The van der Waals surface area contributed by atoms with E-state index in [0.29, 0.717) is 5.25 Å². The number of benzene rings is 1. The van der Waals surface area contributed by atoms with Gasteiger partial charge in [0.1, 0.15) is 0 Å². The van der Waals surface area contributed by atoms with Gasteiger partial charge in [-0.05, 0) is 31.0 Å². The SMILES string of the molecule is Nc1ccc(Cl)c(SC2CCCOC2)c1. The van der Waals surface area contributed by atoms with Crippen LogP contribution in [-0.4, -0.2) is 18.5 Å². The highest BCUT2D eigenvalue weighted by Crippen LogP contribution is 2.34. The summed E-state index contributed by atoms with van der Waals surface area (Å²) in [6, 6.07) is 5.61. The monoisotopic (exact) mass is 243 g/mol. The van der Waals surface area contributed by atoms with Crippen molar-refractivity contribution in [2.75, 3.05) is 18.9 Å². The van der Waals surface area contributed by atoms with Gasteiger partial charge in [-0.2, -0.15) is 0 Å². The van der Waals surface area contributed by atoms with E-state index in [9.17, 15) is 0 Å². The topological polar surface area (TPSA) is 35.2 Å². The highest BCUT2D eigenvalue weighted by atomic mass is 35.5. The molecule has 0 amide bonds. The fourth-order valence-corrected chi connectivity index (χ4v) is 3.04. The quantitative estimate of drug-likeness (QED) is 0.811. The fraction of sp³-hybridized carbons (Fsp3) is 0.455. The van der Waals surface area contributed by atoms with Gasteiger partial charge in [0.25, 0.3) is 0 Å². The van der Waals surface area contributed by atoms with Crippen molar-refractivity contribution in [2.45, 2.75) is 23.0 Å². The Morgan fingerprint density at radius 1 is 1.47 bits per heavy atom. The second kappa shape index (κ2) is 5.10. The third-order valence-electron chi connectivity index (χ3n) is 2.37. The van der Waals surface area contributed by atoms with Gasteiger partial charge in [-0.15, -0.1) is 11.8 Å². The summed E-state index contributed by atoms with van der Waals surface area (Å²) < 4.78 is 5.43. The van der Waals surface area contributed by atoms with Crippen LogP contribution in [0.5, 0.6) is 0 Å². The molecule has 4 heteroatoms. The van der Waals surface area contributed by atoms with Crippen molar-refractivity contribution in [2.24, 2.45) is 0 Å². The molecule has 0 bridgehead atoms. The van der Waals surface area contributed by atoms with Crippen molar-refractivity contribution in [1.82, 2.24) is 0 Å². The molecule has 2 N–H and O–H groups in total. The minimum atomic E-state index is 0.512. The highest BCUT2D eigenvalue weighted by molar-refractivity contribution is 8.00. The first-order valence-electron chi connectivity index (χ1n) is 5.05. The zero-order chi connectivity index (χ0) is 10.7. The molecular formula is C11H14ClNOS. The molecule has 1 fully saturated rings. The Balaban J connectivity index is 2.05. The number of nitrogen functional groups attached to an aromatic ring is 1. The van der Waals surface area contributed by atoms with Crippen molar-refractivity contribution >= 4 is 29.1 Å². The standard InChI is InChI=1S/C11H14ClNOS/c12-10-4-3-8(13)6-11(10)15-9-2-1-5-14-7-9/h3-4,6,9H,1-2,5,7,13H2.